The summed E-state index contributed by atoms with van der Waals surface area (Å²) >= 11 is 0. The van der Waals surface area contributed by atoms with Crippen molar-refractivity contribution in [2.75, 3.05) is 39.2 Å². The highest BCUT2D eigenvalue weighted by molar-refractivity contribution is 6.10. The molecular weight excluding hydrogens is 428 g/mol. The van der Waals surface area contributed by atoms with Gasteiger partial charge in [-0.3, -0.25) is 19.3 Å². The van der Waals surface area contributed by atoms with Crippen molar-refractivity contribution in [3.05, 3.63) is 53.6 Å². The minimum atomic E-state index is -1.35. The second kappa shape index (κ2) is 8.45. The summed E-state index contributed by atoms with van der Waals surface area (Å²) in [6.45, 7) is 1.96. The summed E-state index contributed by atoms with van der Waals surface area (Å²) < 4.78 is 11.1. The molecule has 1 unspecified atom stereocenters. The van der Waals surface area contributed by atoms with Crippen molar-refractivity contribution in [1.82, 2.24) is 15.1 Å². The molecule has 33 heavy (non-hydrogen) atoms. The fourth-order valence-electron chi connectivity index (χ4n) is 3.69. The van der Waals surface area contributed by atoms with E-state index in [0.717, 1.165) is 4.90 Å². The molecule has 2 aliphatic heterocycles. The predicted molar refractivity (Wildman–Crippen MR) is 118 cm³/mol. The summed E-state index contributed by atoms with van der Waals surface area (Å²) in [5.74, 6) is -0.192. The topological polar surface area (TPSA) is 117 Å². The maximum Gasteiger partial charge on any atom is 0.325 e. The molecule has 5 amide bonds. The van der Waals surface area contributed by atoms with Crippen molar-refractivity contribution in [2.45, 2.75) is 12.5 Å². The number of nitrogens with zero attached hydrogens (tertiary/aromatic N) is 2. The summed E-state index contributed by atoms with van der Waals surface area (Å²) in [5, 5.41) is 5.31. The maximum absolute atomic E-state index is 13.1. The second-order valence-corrected chi connectivity index (χ2v) is 8.13. The fourth-order valence-corrected chi connectivity index (χ4v) is 3.69. The second-order valence-electron chi connectivity index (χ2n) is 8.13. The van der Waals surface area contributed by atoms with Crippen LogP contribution < -0.4 is 20.1 Å². The van der Waals surface area contributed by atoms with Crippen molar-refractivity contribution in [3.8, 4) is 11.5 Å². The highest BCUT2D eigenvalue weighted by Crippen LogP contribution is 2.36. The normalized spacial score (nSPS) is 19.2. The van der Waals surface area contributed by atoms with Gasteiger partial charge < -0.3 is 25.0 Å². The highest BCUT2D eigenvalue weighted by atomic mass is 16.6. The third-order valence-corrected chi connectivity index (χ3v) is 5.52. The van der Waals surface area contributed by atoms with E-state index in [-0.39, 0.29) is 5.91 Å². The monoisotopic (exact) mass is 452 g/mol. The largest absolute Gasteiger partial charge is 0.486 e. The average Bonchev–Trinajstić information content (AvgIpc) is 3.02. The number of ether oxygens (including phenoxy) is 2. The smallest absolute Gasteiger partial charge is 0.325 e. The van der Waals surface area contributed by atoms with Crippen LogP contribution in [0.5, 0.6) is 11.5 Å². The van der Waals surface area contributed by atoms with Crippen LogP contribution in [0, 0.1) is 0 Å². The minimum Gasteiger partial charge on any atom is -0.486 e. The first-order valence-electron chi connectivity index (χ1n) is 10.3. The number of hydrogen-bond acceptors (Lipinski definition) is 6. The average molecular weight is 452 g/mol. The van der Waals surface area contributed by atoms with Crippen LogP contribution in [0.1, 0.15) is 22.8 Å². The number of anilines is 1. The lowest BCUT2D eigenvalue weighted by Crippen LogP contribution is -2.42. The molecule has 0 radical (unpaired) electrons. The molecule has 0 saturated carbocycles. The number of fused-ring (bicyclic) bond motifs is 1. The molecule has 0 aromatic heterocycles. The number of hydrogen-bond donors (Lipinski definition) is 2. The zero-order chi connectivity index (χ0) is 23.8. The van der Waals surface area contributed by atoms with Crippen LogP contribution in [-0.4, -0.2) is 67.4 Å². The van der Waals surface area contributed by atoms with Crippen molar-refractivity contribution < 1.29 is 28.7 Å². The molecule has 1 saturated heterocycles. The molecule has 2 heterocycles. The van der Waals surface area contributed by atoms with Crippen LogP contribution >= 0.6 is 0 Å². The van der Waals surface area contributed by atoms with Crippen molar-refractivity contribution in [1.29, 1.82) is 0 Å². The summed E-state index contributed by atoms with van der Waals surface area (Å²) in [6.07, 6.45) is 0. The molecule has 2 aromatic rings. The molecular formula is C23H24N4O6. The number of benzene rings is 2. The Morgan fingerprint density at radius 1 is 1.06 bits per heavy atom. The number of rotatable bonds is 5. The van der Waals surface area contributed by atoms with Crippen LogP contribution in [-0.2, 0) is 15.1 Å². The Morgan fingerprint density at radius 2 is 1.73 bits per heavy atom. The van der Waals surface area contributed by atoms with E-state index in [0.29, 0.717) is 41.5 Å². The van der Waals surface area contributed by atoms with E-state index in [4.69, 9.17) is 9.47 Å². The van der Waals surface area contributed by atoms with Crippen LogP contribution in [0.4, 0.5) is 10.5 Å². The molecule has 2 aliphatic rings. The Balaban J connectivity index is 1.44. The van der Waals surface area contributed by atoms with Gasteiger partial charge in [0.15, 0.2) is 11.5 Å². The Labute approximate surface area is 190 Å². The SMILES string of the molecule is CN(C)C(=O)c1ccc(NC(=O)CN2C(=O)NC(C)(c3ccc4c(c3)OCCO4)C2=O)cc1. The van der Waals surface area contributed by atoms with Crippen LogP contribution in [0.2, 0.25) is 0 Å². The fraction of sp³-hybridized carbons (Fsp3) is 0.304. The van der Waals surface area contributed by atoms with E-state index < -0.39 is 29.9 Å². The Kier molecular flexibility index (Phi) is 5.67. The minimum absolute atomic E-state index is 0.161. The molecule has 172 valence electrons. The Hall–Kier alpha value is -4.08. The molecule has 10 nitrogen and oxygen atoms in total. The van der Waals surface area contributed by atoms with Gasteiger partial charge in [0.25, 0.3) is 11.8 Å². The van der Waals surface area contributed by atoms with E-state index in [2.05, 4.69) is 10.6 Å². The lowest BCUT2D eigenvalue weighted by Gasteiger charge is -2.25. The van der Waals surface area contributed by atoms with Crippen molar-refractivity contribution >= 4 is 29.4 Å². The number of amides is 5. The van der Waals surface area contributed by atoms with Crippen LogP contribution in [0.25, 0.3) is 0 Å². The standard InChI is InChI=1S/C23H24N4O6/c1-23(15-6-9-17-18(12-15)33-11-10-32-17)21(30)27(22(31)25-23)13-19(28)24-16-7-4-14(5-8-16)20(29)26(2)3/h4-9,12H,10-11,13H2,1-3H3,(H,24,28)(H,25,31). The van der Waals surface area contributed by atoms with E-state index in [1.165, 1.54) is 4.90 Å². The van der Waals surface area contributed by atoms with Gasteiger partial charge in [-0.1, -0.05) is 6.07 Å². The molecule has 2 aromatic carbocycles. The molecule has 0 aliphatic carbocycles. The molecule has 10 heteroatoms. The number of nitrogens with one attached hydrogen (secondary N) is 2. The first-order valence-corrected chi connectivity index (χ1v) is 10.3. The molecule has 2 N–H and O–H groups in total. The van der Waals surface area contributed by atoms with Gasteiger partial charge in [-0.05, 0) is 48.9 Å². The van der Waals surface area contributed by atoms with Gasteiger partial charge in [-0.25, -0.2) is 4.79 Å². The molecule has 4 rings (SSSR count). The third kappa shape index (κ3) is 4.19. The van der Waals surface area contributed by atoms with Gasteiger partial charge in [0.1, 0.15) is 25.3 Å². The molecule has 0 bridgehead atoms. The van der Waals surface area contributed by atoms with Gasteiger partial charge >= 0.3 is 6.03 Å². The van der Waals surface area contributed by atoms with E-state index in [1.54, 1.807) is 63.5 Å². The Bertz CT molecular complexity index is 1130. The number of urea groups is 1. The molecule has 0 spiro atoms. The summed E-state index contributed by atoms with van der Waals surface area (Å²) in [7, 11) is 3.30. The molecule has 1 atom stereocenters. The quantitative estimate of drug-likeness (QED) is 0.665. The van der Waals surface area contributed by atoms with Gasteiger partial charge in [0.05, 0.1) is 0 Å². The van der Waals surface area contributed by atoms with Gasteiger partial charge in [-0.2, -0.15) is 0 Å². The summed E-state index contributed by atoms with van der Waals surface area (Å²) in [6, 6.07) is 10.7. The first kappa shape index (κ1) is 22.1. The van der Waals surface area contributed by atoms with Crippen LogP contribution in [0.15, 0.2) is 42.5 Å². The van der Waals surface area contributed by atoms with Crippen LogP contribution in [0.3, 0.4) is 0 Å². The number of carbonyl (C=O) groups is 4. The lowest BCUT2D eigenvalue weighted by molar-refractivity contribution is -0.133. The predicted octanol–water partition coefficient (Wildman–Crippen LogP) is 1.57. The number of imide groups is 1. The number of carbonyl (C=O) groups excluding carboxylic acids is 4. The van der Waals surface area contributed by atoms with Crippen molar-refractivity contribution in [2.24, 2.45) is 0 Å². The summed E-state index contributed by atoms with van der Waals surface area (Å²) in [5.41, 5.74) is 0.0925. The lowest BCUT2D eigenvalue weighted by atomic mass is 9.91. The first-order chi connectivity index (χ1) is 15.7. The van der Waals surface area contributed by atoms with Gasteiger partial charge in [-0.15, -0.1) is 0 Å². The highest BCUT2D eigenvalue weighted by Gasteiger charge is 2.49. The third-order valence-electron chi connectivity index (χ3n) is 5.52. The zero-order valence-electron chi connectivity index (χ0n) is 18.5. The zero-order valence-corrected chi connectivity index (χ0v) is 18.5. The Morgan fingerprint density at radius 3 is 2.39 bits per heavy atom. The summed E-state index contributed by atoms with van der Waals surface area (Å²) in [4.78, 5) is 52.5. The maximum atomic E-state index is 13.1. The van der Waals surface area contributed by atoms with E-state index >= 15 is 0 Å². The molecule has 1 fully saturated rings. The van der Waals surface area contributed by atoms with E-state index in [1.807, 2.05) is 0 Å². The van der Waals surface area contributed by atoms with E-state index in [9.17, 15) is 19.2 Å². The van der Waals surface area contributed by atoms with Crippen molar-refractivity contribution in [3.63, 3.8) is 0 Å². The van der Waals surface area contributed by atoms with Gasteiger partial charge in [0.2, 0.25) is 5.91 Å². The van der Waals surface area contributed by atoms with Gasteiger partial charge in [0, 0.05) is 25.3 Å².